The third-order valence-electron chi connectivity index (χ3n) is 5.43. The number of amides is 1. The number of nitrogens with zero attached hydrogens (tertiary/aromatic N) is 7. The van der Waals surface area contributed by atoms with Gasteiger partial charge in [0.2, 0.25) is 11.1 Å². The predicted octanol–water partition coefficient (Wildman–Crippen LogP) is 3.81. The molecule has 9 nitrogen and oxygen atoms in total. The van der Waals surface area contributed by atoms with Crippen molar-refractivity contribution in [2.45, 2.75) is 23.0 Å². The van der Waals surface area contributed by atoms with Gasteiger partial charge in [-0.2, -0.15) is 10.4 Å². The van der Waals surface area contributed by atoms with Crippen LogP contribution in [0.5, 0.6) is 0 Å². The molecule has 0 saturated heterocycles. The van der Waals surface area contributed by atoms with Crippen molar-refractivity contribution in [1.82, 2.24) is 29.2 Å². The monoisotopic (exact) mass is 452 g/mol. The first-order chi connectivity index (χ1) is 16.2. The summed E-state index contributed by atoms with van der Waals surface area (Å²) in [6, 6.07) is 15.3. The van der Waals surface area contributed by atoms with Crippen LogP contribution in [0.15, 0.2) is 71.2 Å². The van der Waals surface area contributed by atoms with Crippen molar-refractivity contribution < 1.29 is 4.79 Å². The van der Waals surface area contributed by atoms with Crippen LogP contribution < -0.4 is 5.32 Å². The molecule has 4 aromatic heterocycles. The van der Waals surface area contributed by atoms with Gasteiger partial charge in [0.05, 0.1) is 17.3 Å². The number of nitrogens with one attached hydrogen (secondary N) is 1. The normalized spacial score (nSPS) is 13.3. The number of imidazole rings is 1. The fourth-order valence-electron chi connectivity index (χ4n) is 3.59. The van der Waals surface area contributed by atoms with Gasteiger partial charge in [-0.1, -0.05) is 12.1 Å². The minimum absolute atomic E-state index is 0.0132. The van der Waals surface area contributed by atoms with Gasteiger partial charge in [0.1, 0.15) is 5.03 Å². The highest BCUT2D eigenvalue weighted by Gasteiger charge is 2.30. The number of carbonyl (C=O) groups excluding carboxylic acids is 1. The van der Waals surface area contributed by atoms with E-state index in [2.05, 4.69) is 31.7 Å². The Morgan fingerprint density at radius 1 is 1.15 bits per heavy atom. The summed E-state index contributed by atoms with van der Waals surface area (Å²) in [5.74, 6) is 0.0990. The lowest BCUT2D eigenvalue weighted by atomic mass is 10.1. The molecule has 1 amide bonds. The van der Waals surface area contributed by atoms with E-state index < -0.39 is 0 Å². The van der Waals surface area contributed by atoms with Crippen LogP contribution in [-0.4, -0.2) is 35.1 Å². The quantitative estimate of drug-likeness (QED) is 0.431. The molecule has 1 aromatic carbocycles. The molecule has 0 bridgehead atoms. The highest BCUT2D eigenvalue weighted by Crippen LogP contribution is 2.33. The number of hydrogen-bond donors (Lipinski definition) is 1. The third kappa shape index (κ3) is 3.68. The molecule has 160 valence electrons. The Morgan fingerprint density at radius 3 is 2.91 bits per heavy atom. The molecule has 0 radical (unpaired) electrons. The average molecular weight is 453 g/mol. The smallest absolute Gasteiger partial charge is 0.227 e. The largest absolute Gasteiger partial charge is 0.323 e. The second-order valence-corrected chi connectivity index (χ2v) is 8.77. The average Bonchev–Trinajstić information content (AvgIpc) is 3.47. The van der Waals surface area contributed by atoms with Gasteiger partial charge < -0.3 is 5.32 Å². The topological polar surface area (TPSA) is 113 Å². The molecular weight excluding hydrogens is 436 g/mol. The number of nitriles is 1. The molecule has 10 heteroatoms. The highest BCUT2D eigenvalue weighted by atomic mass is 32.2. The lowest BCUT2D eigenvalue weighted by molar-refractivity contribution is -0.117. The summed E-state index contributed by atoms with van der Waals surface area (Å²) in [6.45, 7) is 0. The van der Waals surface area contributed by atoms with Gasteiger partial charge in [0.25, 0.3) is 0 Å². The number of fused-ring (bicyclic) bond motifs is 2. The first kappa shape index (κ1) is 19.5. The standard InChI is InChI=1S/C23H16N8OS/c24-12-14-2-1-3-16(10-14)17-6-7-19-27-28-23(30(19)13-17)33-20-11-18(26-22(32)15-4-5-15)21-25-8-9-31(21)29-20/h1-3,6-11,13,15H,4-5H2,(H,26,32). The first-order valence-corrected chi connectivity index (χ1v) is 11.2. The number of benzene rings is 1. The molecule has 6 rings (SSSR count). The molecule has 0 aliphatic heterocycles. The van der Waals surface area contributed by atoms with E-state index >= 15 is 0 Å². The Morgan fingerprint density at radius 2 is 2.06 bits per heavy atom. The molecule has 0 atom stereocenters. The summed E-state index contributed by atoms with van der Waals surface area (Å²) >= 11 is 1.34. The molecule has 0 unspecified atom stereocenters. The summed E-state index contributed by atoms with van der Waals surface area (Å²) in [5.41, 5.74) is 4.39. The van der Waals surface area contributed by atoms with Crippen molar-refractivity contribution >= 4 is 34.7 Å². The van der Waals surface area contributed by atoms with Crippen LogP contribution >= 0.6 is 11.8 Å². The molecule has 4 heterocycles. The zero-order valence-corrected chi connectivity index (χ0v) is 18.0. The van der Waals surface area contributed by atoms with Crippen molar-refractivity contribution in [2.75, 3.05) is 5.32 Å². The molecular formula is C23H16N8OS. The van der Waals surface area contributed by atoms with E-state index in [0.29, 0.717) is 32.7 Å². The van der Waals surface area contributed by atoms with Crippen molar-refractivity contribution in [1.29, 1.82) is 5.26 Å². The Bertz CT molecular complexity index is 1580. The number of pyridine rings is 1. The second-order valence-electron chi connectivity index (χ2n) is 7.78. The molecule has 1 aliphatic carbocycles. The van der Waals surface area contributed by atoms with E-state index in [1.807, 2.05) is 47.0 Å². The molecule has 0 spiro atoms. The van der Waals surface area contributed by atoms with E-state index in [9.17, 15) is 10.1 Å². The van der Waals surface area contributed by atoms with E-state index in [0.717, 1.165) is 24.0 Å². The Balaban J connectivity index is 1.37. The molecule has 1 fully saturated rings. The van der Waals surface area contributed by atoms with Gasteiger partial charge in [-0.05, 0) is 60.0 Å². The van der Waals surface area contributed by atoms with E-state index in [-0.39, 0.29) is 11.8 Å². The maximum absolute atomic E-state index is 12.3. The number of hydrogen-bond acceptors (Lipinski definition) is 7. The molecule has 1 N–H and O–H groups in total. The molecule has 1 saturated carbocycles. The van der Waals surface area contributed by atoms with Crippen LogP contribution in [0.4, 0.5) is 5.69 Å². The van der Waals surface area contributed by atoms with Gasteiger partial charge in [0, 0.05) is 30.6 Å². The van der Waals surface area contributed by atoms with Gasteiger partial charge in [0.15, 0.2) is 11.3 Å². The van der Waals surface area contributed by atoms with Crippen LogP contribution in [-0.2, 0) is 4.79 Å². The summed E-state index contributed by atoms with van der Waals surface area (Å²) < 4.78 is 3.54. The Hall–Kier alpha value is -4.23. The van der Waals surface area contributed by atoms with Crippen LogP contribution in [0.25, 0.3) is 22.4 Å². The van der Waals surface area contributed by atoms with Gasteiger partial charge in [-0.3, -0.25) is 9.20 Å². The molecule has 1 aliphatic rings. The van der Waals surface area contributed by atoms with Crippen molar-refractivity contribution in [3.05, 3.63) is 66.6 Å². The van der Waals surface area contributed by atoms with Crippen LogP contribution in [0.2, 0.25) is 0 Å². The fourth-order valence-corrected chi connectivity index (χ4v) is 4.41. The summed E-state index contributed by atoms with van der Waals surface area (Å²) in [6.07, 6.45) is 7.19. The van der Waals surface area contributed by atoms with Crippen molar-refractivity contribution in [3.63, 3.8) is 0 Å². The maximum atomic E-state index is 12.3. The van der Waals surface area contributed by atoms with Crippen LogP contribution in [0.3, 0.4) is 0 Å². The first-order valence-electron chi connectivity index (χ1n) is 10.4. The number of rotatable bonds is 5. The second kappa shape index (κ2) is 7.72. The number of aromatic nitrogens is 6. The third-order valence-corrected chi connectivity index (χ3v) is 6.30. The van der Waals surface area contributed by atoms with Crippen LogP contribution in [0.1, 0.15) is 18.4 Å². The van der Waals surface area contributed by atoms with Gasteiger partial charge in [-0.25, -0.2) is 9.50 Å². The van der Waals surface area contributed by atoms with Crippen molar-refractivity contribution in [2.24, 2.45) is 5.92 Å². The van der Waals surface area contributed by atoms with E-state index in [1.165, 1.54) is 11.8 Å². The summed E-state index contributed by atoms with van der Waals surface area (Å²) in [7, 11) is 0. The zero-order valence-electron chi connectivity index (χ0n) is 17.2. The summed E-state index contributed by atoms with van der Waals surface area (Å²) in [4.78, 5) is 16.7. The lowest BCUT2D eigenvalue weighted by Crippen LogP contribution is -2.14. The SMILES string of the molecule is N#Cc1cccc(-c2ccc3nnc(Sc4cc(NC(=O)C5CC5)c5nccn5n4)n3c2)c1. The molecule has 5 aromatic rings. The Kier molecular flexibility index (Phi) is 4.55. The lowest BCUT2D eigenvalue weighted by Gasteiger charge is -2.08. The minimum Gasteiger partial charge on any atom is -0.323 e. The van der Waals surface area contributed by atoms with E-state index in [1.54, 1.807) is 23.0 Å². The van der Waals surface area contributed by atoms with Crippen LogP contribution in [0, 0.1) is 17.2 Å². The van der Waals surface area contributed by atoms with Crippen molar-refractivity contribution in [3.8, 4) is 17.2 Å². The number of carbonyl (C=O) groups is 1. The molecule has 33 heavy (non-hydrogen) atoms. The van der Waals surface area contributed by atoms with Gasteiger partial charge in [-0.15, -0.1) is 10.2 Å². The predicted molar refractivity (Wildman–Crippen MR) is 122 cm³/mol. The maximum Gasteiger partial charge on any atom is 0.227 e. The Labute approximate surface area is 192 Å². The minimum atomic E-state index is 0.0132. The zero-order chi connectivity index (χ0) is 22.4. The van der Waals surface area contributed by atoms with E-state index in [4.69, 9.17) is 0 Å². The number of anilines is 1. The highest BCUT2D eigenvalue weighted by molar-refractivity contribution is 7.99. The van der Waals surface area contributed by atoms with Gasteiger partial charge >= 0.3 is 0 Å². The fraction of sp³-hybridized carbons (Fsp3) is 0.130. The summed E-state index contributed by atoms with van der Waals surface area (Å²) in [5, 5.41) is 26.7.